The summed E-state index contributed by atoms with van der Waals surface area (Å²) in [5.74, 6) is 0.120. The molecule has 0 aliphatic carbocycles. The number of benzene rings is 2. The van der Waals surface area contributed by atoms with Crippen LogP contribution in [0.5, 0.6) is 0 Å². The number of aryl methyl sites for hydroxylation is 2. The summed E-state index contributed by atoms with van der Waals surface area (Å²) in [4.78, 5) is 18.1. The van der Waals surface area contributed by atoms with E-state index in [1.54, 1.807) is 11.3 Å². The largest absolute Gasteiger partial charge is 0.369 e. The Morgan fingerprint density at radius 2 is 1.82 bits per heavy atom. The van der Waals surface area contributed by atoms with Crippen molar-refractivity contribution >= 4 is 32.2 Å². The molecule has 0 spiro atoms. The molecule has 1 aliphatic rings. The second-order valence-electron chi connectivity index (χ2n) is 8.13. The molecule has 0 unspecified atom stereocenters. The number of nitrogens with zero attached hydrogens (tertiary/aromatic N) is 2. The van der Waals surface area contributed by atoms with Gasteiger partial charge in [0.05, 0.1) is 5.56 Å². The SMILES string of the molecule is Cc1ccc2c(C(=O)c3ccc(CN4CCCC4)c(C)c3)c(N(C)C)sc2c1. The van der Waals surface area contributed by atoms with Gasteiger partial charge in [0.2, 0.25) is 0 Å². The second kappa shape index (κ2) is 7.69. The fourth-order valence-corrected chi connectivity index (χ4v) is 5.29. The summed E-state index contributed by atoms with van der Waals surface area (Å²) in [5.41, 5.74) is 5.37. The van der Waals surface area contributed by atoms with Gasteiger partial charge >= 0.3 is 0 Å². The van der Waals surface area contributed by atoms with Crippen LogP contribution in [0.2, 0.25) is 0 Å². The Morgan fingerprint density at radius 1 is 1.07 bits per heavy atom. The normalized spacial score (nSPS) is 14.7. The van der Waals surface area contributed by atoms with Gasteiger partial charge in [0.1, 0.15) is 5.00 Å². The van der Waals surface area contributed by atoms with Gasteiger partial charge in [-0.2, -0.15) is 0 Å². The van der Waals surface area contributed by atoms with E-state index in [4.69, 9.17) is 0 Å². The lowest BCUT2D eigenvalue weighted by atomic mass is 9.97. The average molecular weight is 393 g/mol. The van der Waals surface area contributed by atoms with Gasteiger partial charge in [-0.1, -0.05) is 24.3 Å². The first-order chi connectivity index (χ1) is 13.4. The molecule has 3 aromatic rings. The van der Waals surface area contributed by atoms with Crippen LogP contribution in [0.1, 0.15) is 45.5 Å². The number of rotatable bonds is 5. The maximum Gasteiger partial charge on any atom is 0.196 e. The van der Waals surface area contributed by atoms with Crippen molar-refractivity contribution in [1.29, 1.82) is 0 Å². The molecule has 0 radical (unpaired) electrons. The highest BCUT2D eigenvalue weighted by molar-refractivity contribution is 7.23. The van der Waals surface area contributed by atoms with E-state index < -0.39 is 0 Å². The van der Waals surface area contributed by atoms with E-state index in [0.29, 0.717) is 0 Å². The predicted molar refractivity (Wildman–Crippen MR) is 120 cm³/mol. The molecule has 2 aromatic carbocycles. The fraction of sp³-hybridized carbons (Fsp3) is 0.375. The Morgan fingerprint density at radius 3 is 2.50 bits per heavy atom. The van der Waals surface area contributed by atoms with E-state index in [0.717, 1.165) is 28.1 Å². The monoisotopic (exact) mass is 392 g/mol. The summed E-state index contributed by atoms with van der Waals surface area (Å²) in [5, 5.41) is 2.09. The number of fused-ring (bicyclic) bond motifs is 1. The molecule has 146 valence electrons. The molecule has 4 rings (SSSR count). The zero-order chi connectivity index (χ0) is 19.8. The molecular formula is C24H28N2OS. The van der Waals surface area contributed by atoms with Crippen molar-refractivity contribution in [1.82, 2.24) is 4.90 Å². The third-order valence-corrected chi connectivity index (χ3v) is 6.98. The van der Waals surface area contributed by atoms with E-state index in [-0.39, 0.29) is 5.78 Å². The predicted octanol–water partition coefficient (Wildman–Crippen LogP) is 5.41. The lowest BCUT2D eigenvalue weighted by Crippen LogP contribution is -2.19. The van der Waals surface area contributed by atoms with Crippen molar-refractivity contribution in [3.05, 3.63) is 64.2 Å². The third-order valence-electron chi connectivity index (χ3n) is 5.66. The van der Waals surface area contributed by atoms with Crippen LogP contribution in [-0.2, 0) is 6.54 Å². The van der Waals surface area contributed by atoms with Crippen molar-refractivity contribution in [3.63, 3.8) is 0 Å². The summed E-state index contributed by atoms with van der Waals surface area (Å²) >= 11 is 1.70. The molecule has 0 saturated carbocycles. The summed E-state index contributed by atoms with van der Waals surface area (Å²) < 4.78 is 1.18. The van der Waals surface area contributed by atoms with Gasteiger partial charge in [-0.3, -0.25) is 9.69 Å². The highest BCUT2D eigenvalue weighted by Gasteiger charge is 2.22. The average Bonchev–Trinajstić information content (AvgIpc) is 3.29. The first-order valence-electron chi connectivity index (χ1n) is 10.0. The topological polar surface area (TPSA) is 23.6 Å². The van der Waals surface area contributed by atoms with Crippen molar-refractivity contribution in [2.45, 2.75) is 33.2 Å². The van der Waals surface area contributed by atoms with Gasteiger partial charge in [-0.25, -0.2) is 0 Å². The Labute approximate surface area is 171 Å². The standard InChI is InChI=1S/C24H28N2OS/c1-16-7-10-20-21(13-16)28-24(25(3)4)22(20)23(27)18-8-9-19(17(2)14-18)15-26-11-5-6-12-26/h7-10,13-14H,5-6,11-12,15H2,1-4H3. The summed E-state index contributed by atoms with van der Waals surface area (Å²) in [6.07, 6.45) is 2.60. The van der Waals surface area contributed by atoms with Crippen LogP contribution >= 0.6 is 11.3 Å². The number of hydrogen-bond acceptors (Lipinski definition) is 4. The first kappa shape index (κ1) is 19.2. The molecule has 2 heterocycles. The van der Waals surface area contributed by atoms with Crippen molar-refractivity contribution in [2.75, 3.05) is 32.1 Å². The molecule has 28 heavy (non-hydrogen) atoms. The Balaban J connectivity index is 1.71. The number of hydrogen-bond donors (Lipinski definition) is 0. The second-order valence-corrected chi connectivity index (χ2v) is 9.16. The third kappa shape index (κ3) is 3.59. The molecule has 1 aromatic heterocycles. The number of likely N-dealkylation sites (tertiary alicyclic amines) is 1. The molecule has 1 aliphatic heterocycles. The van der Waals surface area contributed by atoms with E-state index >= 15 is 0 Å². The van der Waals surface area contributed by atoms with Crippen molar-refractivity contribution in [2.24, 2.45) is 0 Å². The van der Waals surface area contributed by atoms with Crippen LogP contribution < -0.4 is 4.90 Å². The maximum absolute atomic E-state index is 13.5. The van der Waals surface area contributed by atoms with Crippen molar-refractivity contribution < 1.29 is 4.79 Å². The van der Waals surface area contributed by atoms with Crippen LogP contribution in [0.4, 0.5) is 5.00 Å². The molecular weight excluding hydrogens is 364 g/mol. The fourth-order valence-electron chi connectivity index (χ4n) is 4.07. The van der Waals surface area contributed by atoms with E-state index in [1.807, 2.05) is 20.2 Å². The summed E-state index contributed by atoms with van der Waals surface area (Å²) in [7, 11) is 4.03. The minimum atomic E-state index is 0.120. The number of thiophene rings is 1. The van der Waals surface area contributed by atoms with Gasteiger partial charge in [0, 0.05) is 36.3 Å². The van der Waals surface area contributed by atoms with Gasteiger partial charge in [0.15, 0.2) is 5.78 Å². The maximum atomic E-state index is 13.5. The highest BCUT2D eigenvalue weighted by atomic mass is 32.1. The zero-order valence-corrected chi connectivity index (χ0v) is 18.0. The molecule has 3 nitrogen and oxygen atoms in total. The summed E-state index contributed by atoms with van der Waals surface area (Å²) in [6, 6.07) is 12.6. The van der Waals surface area contributed by atoms with E-state index in [9.17, 15) is 4.79 Å². The van der Waals surface area contributed by atoms with E-state index in [1.165, 1.54) is 47.3 Å². The Bertz CT molecular complexity index is 1030. The van der Waals surface area contributed by atoms with Crippen LogP contribution in [-0.4, -0.2) is 37.9 Å². The van der Waals surface area contributed by atoms with Crippen LogP contribution in [0.25, 0.3) is 10.1 Å². The Kier molecular flexibility index (Phi) is 5.26. The smallest absolute Gasteiger partial charge is 0.196 e. The van der Waals surface area contributed by atoms with Crippen LogP contribution in [0.15, 0.2) is 36.4 Å². The number of carbonyl (C=O) groups is 1. The van der Waals surface area contributed by atoms with Crippen molar-refractivity contribution in [3.8, 4) is 0 Å². The van der Waals surface area contributed by atoms with Gasteiger partial charge in [0.25, 0.3) is 0 Å². The molecule has 0 atom stereocenters. The number of carbonyl (C=O) groups excluding carboxylic acids is 1. The Hall–Kier alpha value is -2.17. The number of ketones is 1. The quantitative estimate of drug-likeness (QED) is 0.542. The zero-order valence-electron chi connectivity index (χ0n) is 17.2. The molecule has 4 heteroatoms. The first-order valence-corrected chi connectivity index (χ1v) is 10.8. The molecule has 0 N–H and O–H groups in total. The minimum Gasteiger partial charge on any atom is -0.369 e. The van der Waals surface area contributed by atoms with Gasteiger partial charge in [-0.15, -0.1) is 11.3 Å². The van der Waals surface area contributed by atoms with Gasteiger partial charge < -0.3 is 4.90 Å². The lowest BCUT2D eigenvalue weighted by Gasteiger charge is -2.17. The summed E-state index contributed by atoms with van der Waals surface area (Å²) in [6.45, 7) is 7.59. The number of anilines is 1. The van der Waals surface area contributed by atoms with Crippen LogP contribution in [0, 0.1) is 13.8 Å². The molecule has 0 amide bonds. The molecule has 1 fully saturated rings. The van der Waals surface area contributed by atoms with E-state index in [2.05, 4.69) is 54.0 Å². The molecule has 0 bridgehead atoms. The van der Waals surface area contributed by atoms with Crippen LogP contribution in [0.3, 0.4) is 0 Å². The lowest BCUT2D eigenvalue weighted by molar-refractivity contribution is 0.104. The molecule has 1 saturated heterocycles. The van der Waals surface area contributed by atoms with Gasteiger partial charge in [-0.05, 0) is 68.6 Å². The highest BCUT2D eigenvalue weighted by Crippen LogP contribution is 2.39. The minimum absolute atomic E-state index is 0.120.